The van der Waals surface area contributed by atoms with E-state index in [0.29, 0.717) is 11.5 Å². The molecule has 0 spiro atoms. The fourth-order valence-electron chi connectivity index (χ4n) is 5.44. The van der Waals surface area contributed by atoms with Gasteiger partial charge in [0.15, 0.2) is 6.23 Å². The Hall–Kier alpha value is -4.26. The van der Waals surface area contributed by atoms with E-state index in [9.17, 15) is 14.7 Å². The van der Waals surface area contributed by atoms with E-state index in [-0.39, 0.29) is 19.8 Å². The van der Waals surface area contributed by atoms with Gasteiger partial charge in [-0.05, 0) is 41.0 Å². The molecular formula is C33H36N2O9. The van der Waals surface area contributed by atoms with Crippen LogP contribution in [0.1, 0.15) is 22.9 Å². The number of methoxy groups -OCH3 is 3. The first-order valence-corrected chi connectivity index (χ1v) is 14.2. The smallest absolute Gasteiger partial charge is 0.330 e. The van der Waals surface area contributed by atoms with Crippen molar-refractivity contribution in [2.24, 2.45) is 0 Å². The molecule has 2 heterocycles. The van der Waals surface area contributed by atoms with Crippen molar-refractivity contribution < 1.29 is 33.5 Å². The number of nitrogens with one attached hydrogen (secondary N) is 1. The SMILES string of the molecule is COCCO[C@H]1[C@H](O)[C@@H](COC(c2ccccc2)(c2ccc(OC)cc2)c2ccc(OC)cc2)O[C@@H]1n1ccc(=O)[nH]c1=O. The number of aliphatic hydroxyl groups is 1. The number of aliphatic hydroxyl groups excluding tert-OH is 1. The molecule has 232 valence electrons. The van der Waals surface area contributed by atoms with E-state index in [1.165, 1.54) is 23.9 Å². The number of hydrogen-bond acceptors (Lipinski definition) is 9. The maximum absolute atomic E-state index is 12.7. The first-order chi connectivity index (χ1) is 21.4. The molecule has 0 aliphatic carbocycles. The third-order valence-electron chi connectivity index (χ3n) is 7.67. The molecule has 4 atom stereocenters. The van der Waals surface area contributed by atoms with Crippen LogP contribution < -0.4 is 20.7 Å². The normalized spacial score (nSPS) is 20.0. The van der Waals surface area contributed by atoms with E-state index in [4.69, 9.17) is 28.4 Å². The molecule has 3 aromatic carbocycles. The zero-order chi connectivity index (χ0) is 31.1. The van der Waals surface area contributed by atoms with Gasteiger partial charge in [-0.3, -0.25) is 14.3 Å². The summed E-state index contributed by atoms with van der Waals surface area (Å²) in [6, 6.07) is 26.1. The standard InChI is InChI=1S/C33H36N2O9/c1-39-19-20-42-30-29(37)27(44-31(30)35-18-17-28(36)34-32(35)38)21-43-33(22-7-5-4-6-8-22,23-9-13-25(40-2)14-10-23)24-11-15-26(41-3)16-12-24/h4-18,27,29-31,37H,19-21H2,1-3H3,(H,34,36,38)/t27-,29-,30+,31+/m1/s1. The van der Waals surface area contributed by atoms with Crippen LogP contribution in [0.4, 0.5) is 0 Å². The third-order valence-corrected chi connectivity index (χ3v) is 7.67. The second-order valence-corrected chi connectivity index (χ2v) is 10.2. The van der Waals surface area contributed by atoms with Gasteiger partial charge in [-0.15, -0.1) is 0 Å². The molecule has 1 aliphatic rings. The number of nitrogens with zero attached hydrogens (tertiary/aromatic N) is 1. The van der Waals surface area contributed by atoms with Gasteiger partial charge in [0, 0.05) is 19.4 Å². The summed E-state index contributed by atoms with van der Waals surface area (Å²) in [6.07, 6.45) is -2.76. The van der Waals surface area contributed by atoms with Gasteiger partial charge in [-0.1, -0.05) is 54.6 Å². The quantitative estimate of drug-likeness (QED) is 0.175. The van der Waals surface area contributed by atoms with Crippen molar-refractivity contribution in [3.8, 4) is 11.5 Å². The lowest BCUT2D eigenvalue weighted by Crippen LogP contribution is -2.41. The summed E-state index contributed by atoms with van der Waals surface area (Å²) >= 11 is 0. The van der Waals surface area contributed by atoms with Crippen LogP contribution >= 0.6 is 0 Å². The van der Waals surface area contributed by atoms with Gasteiger partial charge in [0.05, 0.1) is 34.0 Å². The molecule has 0 radical (unpaired) electrons. The molecule has 0 unspecified atom stereocenters. The lowest BCUT2D eigenvalue weighted by atomic mass is 9.80. The highest BCUT2D eigenvalue weighted by molar-refractivity contribution is 5.49. The van der Waals surface area contributed by atoms with Gasteiger partial charge in [0.25, 0.3) is 5.56 Å². The monoisotopic (exact) mass is 604 g/mol. The summed E-state index contributed by atoms with van der Waals surface area (Å²) in [6.45, 7) is 0.325. The summed E-state index contributed by atoms with van der Waals surface area (Å²) < 4.78 is 36.2. The zero-order valence-electron chi connectivity index (χ0n) is 24.8. The van der Waals surface area contributed by atoms with E-state index in [1.807, 2.05) is 78.9 Å². The van der Waals surface area contributed by atoms with Crippen molar-refractivity contribution in [1.82, 2.24) is 9.55 Å². The minimum absolute atomic E-state index is 0.0904. The molecule has 1 saturated heterocycles. The Morgan fingerprint density at radius 1 is 0.818 bits per heavy atom. The predicted octanol–water partition coefficient (Wildman–Crippen LogP) is 2.85. The van der Waals surface area contributed by atoms with Crippen LogP contribution in [0.3, 0.4) is 0 Å². The highest BCUT2D eigenvalue weighted by atomic mass is 16.6. The maximum atomic E-state index is 12.7. The van der Waals surface area contributed by atoms with Gasteiger partial charge < -0.3 is 33.5 Å². The molecule has 0 bridgehead atoms. The second-order valence-electron chi connectivity index (χ2n) is 10.2. The Morgan fingerprint density at radius 3 is 1.95 bits per heavy atom. The molecule has 4 aromatic rings. The Morgan fingerprint density at radius 2 is 1.41 bits per heavy atom. The van der Waals surface area contributed by atoms with Crippen molar-refractivity contribution in [3.63, 3.8) is 0 Å². The van der Waals surface area contributed by atoms with Gasteiger partial charge in [-0.2, -0.15) is 0 Å². The average Bonchev–Trinajstić information content (AvgIpc) is 3.36. The van der Waals surface area contributed by atoms with Gasteiger partial charge >= 0.3 is 5.69 Å². The van der Waals surface area contributed by atoms with Gasteiger partial charge in [0.1, 0.15) is 35.4 Å². The lowest BCUT2D eigenvalue weighted by Gasteiger charge is -2.37. The topological polar surface area (TPSA) is 130 Å². The van der Waals surface area contributed by atoms with Crippen molar-refractivity contribution in [2.45, 2.75) is 30.1 Å². The van der Waals surface area contributed by atoms with Crippen LogP contribution in [0.15, 0.2) is 101 Å². The molecule has 11 nitrogen and oxygen atoms in total. The molecule has 1 aliphatic heterocycles. The highest BCUT2D eigenvalue weighted by Gasteiger charge is 2.48. The third kappa shape index (κ3) is 6.33. The number of rotatable bonds is 13. The first kappa shape index (κ1) is 31.2. The molecular weight excluding hydrogens is 568 g/mol. The average molecular weight is 605 g/mol. The Labute approximate surface area is 254 Å². The Bertz CT molecular complexity index is 1560. The molecule has 1 aromatic heterocycles. The van der Waals surface area contributed by atoms with Crippen molar-refractivity contribution in [3.05, 3.63) is 129 Å². The van der Waals surface area contributed by atoms with Crippen molar-refractivity contribution in [1.29, 1.82) is 0 Å². The number of ether oxygens (including phenoxy) is 6. The zero-order valence-corrected chi connectivity index (χ0v) is 24.8. The summed E-state index contributed by atoms with van der Waals surface area (Å²) in [4.78, 5) is 26.7. The largest absolute Gasteiger partial charge is 0.497 e. The summed E-state index contributed by atoms with van der Waals surface area (Å²) in [5.74, 6) is 1.37. The van der Waals surface area contributed by atoms with Crippen LogP contribution in [0, 0.1) is 0 Å². The fourth-order valence-corrected chi connectivity index (χ4v) is 5.44. The van der Waals surface area contributed by atoms with Crippen LogP contribution in [0.25, 0.3) is 0 Å². The van der Waals surface area contributed by atoms with Crippen molar-refractivity contribution in [2.75, 3.05) is 41.2 Å². The molecule has 0 amide bonds. The van der Waals surface area contributed by atoms with Gasteiger partial charge in [0.2, 0.25) is 0 Å². The van der Waals surface area contributed by atoms with E-state index in [2.05, 4.69) is 4.98 Å². The van der Waals surface area contributed by atoms with E-state index in [1.54, 1.807) is 14.2 Å². The van der Waals surface area contributed by atoms with Crippen molar-refractivity contribution >= 4 is 0 Å². The fraction of sp³-hybridized carbons (Fsp3) is 0.333. The number of hydrogen-bond donors (Lipinski definition) is 2. The number of benzene rings is 3. The predicted molar refractivity (Wildman–Crippen MR) is 161 cm³/mol. The summed E-state index contributed by atoms with van der Waals surface area (Å²) in [7, 11) is 4.74. The Kier molecular flexibility index (Phi) is 9.93. The highest BCUT2D eigenvalue weighted by Crippen LogP contribution is 2.43. The number of aromatic nitrogens is 2. The molecule has 0 saturated carbocycles. The molecule has 44 heavy (non-hydrogen) atoms. The molecule has 1 fully saturated rings. The molecule has 11 heteroatoms. The number of H-pyrrole nitrogens is 1. The number of aromatic amines is 1. The maximum Gasteiger partial charge on any atom is 0.330 e. The second kappa shape index (κ2) is 14.0. The van der Waals surface area contributed by atoms with E-state index in [0.717, 1.165) is 16.7 Å². The van der Waals surface area contributed by atoms with Crippen LogP contribution in [-0.4, -0.2) is 74.1 Å². The Balaban J connectivity index is 1.55. The summed E-state index contributed by atoms with van der Waals surface area (Å²) in [5, 5.41) is 11.5. The minimum atomic E-state index is -1.18. The lowest BCUT2D eigenvalue weighted by molar-refractivity contribution is -0.0994. The molecule has 2 N–H and O–H groups in total. The van der Waals surface area contributed by atoms with Gasteiger partial charge in [-0.25, -0.2) is 4.79 Å². The van der Waals surface area contributed by atoms with Crippen LogP contribution in [-0.2, 0) is 24.5 Å². The van der Waals surface area contributed by atoms with E-state index >= 15 is 0 Å². The summed E-state index contributed by atoms with van der Waals surface area (Å²) in [5.41, 5.74) is 0.0678. The minimum Gasteiger partial charge on any atom is -0.497 e. The van der Waals surface area contributed by atoms with Crippen LogP contribution in [0.2, 0.25) is 0 Å². The van der Waals surface area contributed by atoms with Crippen LogP contribution in [0.5, 0.6) is 11.5 Å². The molecule has 5 rings (SSSR count). The first-order valence-electron chi connectivity index (χ1n) is 14.2. The van der Waals surface area contributed by atoms with E-state index < -0.39 is 41.4 Å².